The summed E-state index contributed by atoms with van der Waals surface area (Å²) in [5.41, 5.74) is 2.47. The molecule has 0 aromatic heterocycles. The van der Waals surface area contributed by atoms with E-state index < -0.39 is 6.10 Å². The molecule has 2 aromatic rings. The van der Waals surface area contributed by atoms with Gasteiger partial charge in [-0.05, 0) is 49.6 Å². The number of ether oxygens (including phenoxy) is 1. The first kappa shape index (κ1) is 21.5. The van der Waals surface area contributed by atoms with E-state index >= 15 is 0 Å². The summed E-state index contributed by atoms with van der Waals surface area (Å²) in [6, 6.07) is 14.2. The second-order valence-electron chi connectivity index (χ2n) is 7.22. The molecule has 1 heterocycles. The van der Waals surface area contributed by atoms with Crippen LogP contribution in [0.25, 0.3) is 0 Å². The molecule has 3 rings (SSSR count). The van der Waals surface area contributed by atoms with E-state index in [9.17, 15) is 14.4 Å². The van der Waals surface area contributed by atoms with Gasteiger partial charge in [-0.25, -0.2) is 0 Å². The van der Waals surface area contributed by atoms with Crippen molar-refractivity contribution in [1.82, 2.24) is 4.90 Å². The van der Waals surface area contributed by atoms with Crippen LogP contribution in [0, 0.1) is 0 Å². The molecule has 1 fully saturated rings. The highest BCUT2D eigenvalue weighted by Crippen LogP contribution is 2.20. The molecule has 0 bridgehead atoms. The molecule has 1 unspecified atom stereocenters. The van der Waals surface area contributed by atoms with Crippen LogP contribution in [0.4, 0.5) is 11.4 Å². The van der Waals surface area contributed by atoms with Crippen LogP contribution in [0.3, 0.4) is 0 Å². The zero-order valence-electron chi connectivity index (χ0n) is 17.3. The van der Waals surface area contributed by atoms with Crippen LogP contribution in [-0.2, 0) is 20.9 Å². The molecule has 158 valence electrons. The van der Waals surface area contributed by atoms with Gasteiger partial charge in [0.15, 0.2) is 0 Å². The lowest BCUT2D eigenvalue weighted by molar-refractivity contribution is -0.129. The zero-order valence-corrected chi connectivity index (χ0v) is 17.3. The number of para-hydroxylation sites is 1. The number of carbonyl (C=O) groups is 3. The van der Waals surface area contributed by atoms with Gasteiger partial charge in [-0.15, -0.1) is 0 Å². The molecule has 0 aliphatic carbocycles. The molecule has 7 nitrogen and oxygen atoms in total. The first-order valence-electron chi connectivity index (χ1n) is 10.1. The lowest BCUT2D eigenvalue weighted by atomic mass is 10.1. The summed E-state index contributed by atoms with van der Waals surface area (Å²) >= 11 is 0. The molecule has 2 aromatic carbocycles. The van der Waals surface area contributed by atoms with E-state index in [1.165, 1.54) is 6.92 Å². The fraction of sp³-hybridized carbons (Fsp3) is 0.348. The number of carbonyl (C=O) groups excluding carboxylic acids is 3. The molecule has 30 heavy (non-hydrogen) atoms. The fourth-order valence-corrected chi connectivity index (χ4v) is 3.37. The zero-order chi connectivity index (χ0) is 21.5. The topological polar surface area (TPSA) is 87.7 Å². The van der Waals surface area contributed by atoms with Crippen LogP contribution < -0.4 is 10.6 Å². The molecule has 1 aliphatic heterocycles. The summed E-state index contributed by atoms with van der Waals surface area (Å²) in [7, 11) is 0. The van der Waals surface area contributed by atoms with Crippen molar-refractivity contribution in [2.45, 2.75) is 39.3 Å². The maximum atomic E-state index is 12.8. The minimum Gasteiger partial charge on any atom is -0.368 e. The van der Waals surface area contributed by atoms with Crippen LogP contribution in [-0.4, -0.2) is 41.9 Å². The first-order chi connectivity index (χ1) is 14.5. The molecule has 1 saturated heterocycles. The summed E-state index contributed by atoms with van der Waals surface area (Å²) in [6.07, 6.45) is 1.15. The Bertz CT molecular complexity index is 922. The van der Waals surface area contributed by atoms with Gasteiger partial charge in [0.2, 0.25) is 5.91 Å². The average Bonchev–Trinajstić information content (AvgIpc) is 3.28. The van der Waals surface area contributed by atoms with E-state index in [1.54, 1.807) is 29.2 Å². The molecule has 0 radical (unpaired) electrons. The molecule has 7 heteroatoms. The number of anilines is 2. The van der Waals surface area contributed by atoms with Crippen LogP contribution in [0.15, 0.2) is 48.5 Å². The largest absolute Gasteiger partial charge is 0.368 e. The monoisotopic (exact) mass is 409 g/mol. The van der Waals surface area contributed by atoms with Crippen molar-refractivity contribution in [1.29, 1.82) is 0 Å². The van der Waals surface area contributed by atoms with E-state index in [0.717, 1.165) is 12.0 Å². The molecule has 2 N–H and O–H groups in total. The maximum Gasteiger partial charge on any atom is 0.255 e. The van der Waals surface area contributed by atoms with Gasteiger partial charge in [0.1, 0.15) is 6.10 Å². The number of hydrogen-bond donors (Lipinski definition) is 2. The van der Waals surface area contributed by atoms with Crippen molar-refractivity contribution in [3.05, 3.63) is 59.7 Å². The Morgan fingerprint density at radius 3 is 2.60 bits per heavy atom. The van der Waals surface area contributed by atoms with E-state index in [0.29, 0.717) is 43.1 Å². The van der Waals surface area contributed by atoms with Crippen LogP contribution in [0.5, 0.6) is 0 Å². The standard InChI is InChI=1S/C23H27N3O4/c1-3-26(16(2)27)15-18-8-4-5-11-20(18)25-22(28)17-9-6-10-19(14-17)24-23(29)21-12-7-13-30-21/h4-6,8-11,14,21H,3,7,12-13,15H2,1-2H3,(H,24,29)(H,25,28). The van der Waals surface area contributed by atoms with Gasteiger partial charge in [0.05, 0.1) is 0 Å². The summed E-state index contributed by atoms with van der Waals surface area (Å²) in [5, 5.41) is 5.73. The van der Waals surface area contributed by atoms with Crippen LogP contribution in [0.1, 0.15) is 42.6 Å². The second-order valence-corrected chi connectivity index (χ2v) is 7.22. The number of amides is 3. The molecule has 3 amide bonds. The summed E-state index contributed by atoms with van der Waals surface area (Å²) in [5.74, 6) is -0.505. The number of nitrogens with zero attached hydrogens (tertiary/aromatic N) is 1. The summed E-state index contributed by atoms with van der Waals surface area (Å²) in [4.78, 5) is 38.5. The minimum atomic E-state index is -0.433. The predicted octanol–water partition coefficient (Wildman–Crippen LogP) is 3.42. The molecular formula is C23H27N3O4. The minimum absolute atomic E-state index is 0.0201. The van der Waals surface area contributed by atoms with Gasteiger partial charge >= 0.3 is 0 Å². The van der Waals surface area contributed by atoms with Crippen molar-refractivity contribution in [3.8, 4) is 0 Å². The quantitative estimate of drug-likeness (QED) is 0.733. The molecule has 1 aliphatic rings. The fourth-order valence-electron chi connectivity index (χ4n) is 3.37. The van der Waals surface area contributed by atoms with E-state index in [4.69, 9.17) is 4.74 Å². The first-order valence-corrected chi connectivity index (χ1v) is 10.1. The molecule has 1 atom stereocenters. The smallest absolute Gasteiger partial charge is 0.255 e. The number of hydrogen-bond acceptors (Lipinski definition) is 4. The molecular weight excluding hydrogens is 382 g/mol. The lowest BCUT2D eigenvalue weighted by Crippen LogP contribution is -2.28. The van der Waals surface area contributed by atoms with Gasteiger partial charge in [-0.2, -0.15) is 0 Å². The number of rotatable bonds is 7. The normalized spacial score (nSPS) is 15.5. The Morgan fingerprint density at radius 1 is 1.10 bits per heavy atom. The highest BCUT2D eigenvalue weighted by molar-refractivity contribution is 6.06. The maximum absolute atomic E-state index is 12.8. The summed E-state index contributed by atoms with van der Waals surface area (Å²) in [6.45, 7) is 5.04. The predicted molar refractivity (Wildman–Crippen MR) is 115 cm³/mol. The van der Waals surface area contributed by atoms with Gasteiger partial charge in [-0.1, -0.05) is 24.3 Å². The Kier molecular flexibility index (Phi) is 7.19. The van der Waals surface area contributed by atoms with Gasteiger partial charge in [0.25, 0.3) is 11.8 Å². The highest BCUT2D eigenvalue weighted by atomic mass is 16.5. The van der Waals surface area contributed by atoms with Crippen molar-refractivity contribution in [2.75, 3.05) is 23.8 Å². The molecule has 0 saturated carbocycles. The van der Waals surface area contributed by atoms with Crippen molar-refractivity contribution in [2.24, 2.45) is 0 Å². The highest BCUT2D eigenvalue weighted by Gasteiger charge is 2.23. The Balaban J connectivity index is 1.70. The average molecular weight is 409 g/mol. The SMILES string of the molecule is CCN(Cc1ccccc1NC(=O)c1cccc(NC(=O)C2CCCO2)c1)C(C)=O. The van der Waals surface area contributed by atoms with Gasteiger partial charge in [-0.3, -0.25) is 14.4 Å². The number of nitrogens with one attached hydrogen (secondary N) is 2. The van der Waals surface area contributed by atoms with Gasteiger partial charge in [0, 0.05) is 43.6 Å². The lowest BCUT2D eigenvalue weighted by Gasteiger charge is -2.21. The van der Waals surface area contributed by atoms with Crippen molar-refractivity contribution in [3.63, 3.8) is 0 Å². The Morgan fingerprint density at radius 2 is 1.90 bits per heavy atom. The Hall–Kier alpha value is -3.19. The van der Waals surface area contributed by atoms with Gasteiger partial charge < -0.3 is 20.3 Å². The third kappa shape index (κ3) is 5.45. The third-order valence-corrected chi connectivity index (χ3v) is 5.07. The third-order valence-electron chi connectivity index (χ3n) is 5.07. The Labute approximate surface area is 176 Å². The van der Waals surface area contributed by atoms with E-state index in [2.05, 4.69) is 10.6 Å². The van der Waals surface area contributed by atoms with E-state index in [-0.39, 0.29) is 17.7 Å². The summed E-state index contributed by atoms with van der Waals surface area (Å²) < 4.78 is 5.40. The van der Waals surface area contributed by atoms with Crippen molar-refractivity contribution < 1.29 is 19.1 Å². The van der Waals surface area contributed by atoms with E-state index in [1.807, 2.05) is 31.2 Å². The number of benzene rings is 2. The molecule has 0 spiro atoms. The van der Waals surface area contributed by atoms with Crippen molar-refractivity contribution >= 4 is 29.1 Å². The second kappa shape index (κ2) is 10.0. The van der Waals surface area contributed by atoms with Crippen LogP contribution >= 0.6 is 0 Å². The van der Waals surface area contributed by atoms with Crippen LogP contribution in [0.2, 0.25) is 0 Å².